The van der Waals surface area contributed by atoms with Gasteiger partial charge in [-0.1, -0.05) is 0 Å². The molecule has 22 heavy (non-hydrogen) atoms. The van der Waals surface area contributed by atoms with Crippen LogP contribution >= 0.6 is 0 Å². The summed E-state index contributed by atoms with van der Waals surface area (Å²) in [6.45, 7) is 2.15. The normalized spacial score (nSPS) is 10.1. The van der Waals surface area contributed by atoms with Gasteiger partial charge in [0.15, 0.2) is 0 Å². The van der Waals surface area contributed by atoms with Gasteiger partial charge in [-0.2, -0.15) is 10.2 Å². The number of rotatable bonds is 4. The van der Waals surface area contributed by atoms with Crippen LogP contribution in [0.15, 0.2) is 18.2 Å². The second-order valence-corrected chi connectivity index (χ2v) is 4.36. The van der Waals surface area contributed by atoms with Crippen molar-refractivity contribution in [1.82, 2.24) is 9.97 Å². The smallest absolute Gasteiger partial charge is 0.492 e. The van der Waals surface area contributed by atoms with Crippen molar-refractivity contribution >= 4 is 24.3 Å². The number of nitriles is 1. The Hall–Kier alpha value is -2.83. The molecule has 0 saturated carbocycles. The fourth-order valence-corrected chi connectivity index (χ4v) is 2.00. The SMILES string of the molecule is CCOc1ccc(-c2nc(N)nc(N)c2C#N)cc1B(O)O. The Labute approximate surface area is 127 Å². The molecule has 1 aromatic heterocycles. The van der Waals surface area contributed by atoms with Crippen LogP contribution in [0.5, 0.6) is 5.75 Å². The molecule has 0 aliphatic rings. The van der Waals surface area contributed by atoms with E-state index < -0.39 is 7.12 Å². The lowest BCUT2D eigenvalue weighted by atomic mass is 9.78. The van der Waals surface area contributed by atoms with E-state index in [-0.39, 0.29) is 28.5 Å². The van der Waals surface area contributed by atoms with Gasteiger partial charge >= 0.3 is 7.12 Å². The van der Waals surface area contributed by atoms with E-state index >= 15 is 0 Å². The molecule has 2 aromatic rings. The number of benzene rings is 1. The van der Waals surface area contributed by atoms with Crippen LogP contribution in [0.3, 0.4) is 0 Å². The van der Waals surface area contributed by atoms with E-state index in [4.69, 9.17) is 16.2 Å². The van der Waals surface area contributed by atoms with Crippen LogP contribution in [0.2, 0.25) is 0 Å². The molecular weight excluding hydrogens is 285 g/mol. The molecule has 8 nitrogen and oxygen atoms in total. The molecule has 0 amide bonds. The predicted molar refractivity (Wildman–Crippen MR) is 82.0 cm³/mol. The van der Waals surface area contributed by atoms with E-state index in [0.29, 0.717) is 17.9 Å². The van der Waals surface area contributed by atoms with Crippen molar-refractivity contribution < 1.29 is 14.8 Å². The van der Waals surface area contributed by atoms with E-state index in [2.05, 4.69) is 9.97 Å². The maximum atomic E-state index is 9.47. The zero-order valence-corrected chi connectivity index (χ0v) is 11.8. The van der Waals surface area contributed by atoms with Crippen LogP contribution in [-0.2, 0) is 0 Å². The van der Waals surface area contributed by atoms with Crippen LogP contribution in [0.25, 0.3) is 11.3 Å². The second kappa shape index (κ2) is 6.30. The van der Waals surface area contributed by atoms with Gasteiger partial charge in [-0.25, -0.2) is 4.98 Å². The highest BCUT2D eigenvalue weighted by Crippen LogP contribution is 2.26. The number of nitrogens with zero attached hydrogens (tertiary/aromatic N) is 3. The lowest BCUT2D eigenvalue weighted by molar-refractivity contribution is 0.340. The molecule has 0 unspecified atom stereocenters. The molecule has 2 rings (SSSR count). The Balaban J connectivity index is 2.64. The number of nitrogen functional groups attached to an aromatic ring is 2. The molecule has 0 fully saturated rings. The third-order valence-corrected chi connectivity index (χ3v) is 2.93. The second-order valence-electron chi connectivity index (χ2n) is 4.36. The minimum Gasteiger partial charge on any atom is -0.494 e. The van der Waals surface area contributed by atoms with Gasteiger partial charge in [0.05, 0.1) is 12.3 Å². The van der Waals surface area contributed by atoms with Crippen LogP contribution in [0.1, 0.15) is 12.5 Å². The fourth-order valence-electron chi connectivity index (χ4n) is 2.00. The molecule has 1 aromatic carbocycles. The van der Waals surface area contributed by atoms with Crippen LogP contribution < -0.4 is 21.7 Å². The molecule has 9 heteroatoms. The number of anilines is 2. The van der Waals surface area contributed by atoms with Crippen molar-refractivity contribution in [2.75, 3.05) is 18.1 Å². The molecule has 112 valence electrons. The van der Waals surface area contributed by atoms with E-state index in [1.54, 1.807) is 19.1 Å². The minimum absolute atomic E-state index is 0.0371. The lowest BCUT2D eigenvalue weighted by Crippen LogP contribution is -2.31. The van der Waals surface area contributed by atoms with Crippen LogP contribution in [0, 0.1) is 11.3 Å². The van der Waals surface area contributed by atoms with Crippen molar-refractivity contribution in [3.05, 3.63) is 23.8 Å². The topological polar surface area (TPSA) is 151 Å². The maximum absolute atomic E-state index is 9.47. The lowest BCUT2D eigenvalue weighted by Gasteiger charge is -2.12. The first-order chi connectivity index (χ1) is 10.5. The average Bonchev–Trinajstić information content (AvgIpc) is 2.47. The molecular formula is C13H14BN5O3. The van der Waals surface area contributed by atoms with Gasteiger partial charge in [-0.05, 0) is 25.1 Å². The summed E-state index contributed by atoms with van der Waals surface area (Å²) in [6, 6.07) is 6.55. The third-order valence-electron chi connectivity index (χ3n) is 2.93. The Morgan fingerprint density at radius 2 is 2.05 bits per heavy atom. The first-order valence-electron chi connectivity index (χ1n) is 6.44. The molecule has 0 spiro atoms. The maximum Gasteiger partial charge on any atom is 0.492 e. The fraction of sp³-hybridized carbons (Fsp3) is 0.154. The Morgan fingerprint density at radius 1 is 1.32 bits per heavy atom. The van der Waals surface area contributed by atoms with Gasteiger partial charge in [0, 0.05) is 11.0 Å². The van der Waals surface area contributed by atoms with E-state index in [9.17, 15) is 15.3 Å². The largest absolute Gasteiger partial charge is 0.494 e. The zero-order chi connectivity index (χ0) is 16.3. The highest BCUT2D eigenvalue weighted by atomic mass is 16.5. The molecule has 6 N–H and O–H groups in total. The van der Waals surface area contributed by atoms with Crippen LogP contribution in [0.4, 0.5) is 11.8 Å². The first-order valence-corrected chi connectivity index (χ1v) is 6.44. The molecule has 1 heterocycles. The van der Waals surface area contributed by atoms with Gasteiger partial charge in [0.2, 0.25) is 5.95 Å². The van der Waals surface area contributed by atoms with Gasteiger partial charge in [0.1, 0.15) is 23.2 Å². The van der Waals surface area contributed by atoms with E-state index in [1.807, 2.05) is 6.07 Å². The Morgan fingerprint density at radius 3 is 2.64 bits per heavy atom. The molecule has 0 aliphatic heterocycles. The summed E-state index contributed by atoms with van der Waals surface area (Å²) >= 11 is 0. The number of nitrogens with two attached hydrogens (primary N) is 2. The zero-order valence-electron chi connectivity index (χ0n) is 11.8. The van der Waals surface area contributed by atoms with E-state index in [1.165, 1.54) is 6.07 Å². The molecule has 0 bridgehead atoms. The van der Waals surface area contributed by atoms with Crippen molar-refractivity contribution in [1.29, 1.82) is 5.26 Å². The summed E-state index contributed by atoms with van der Waals surface area (Å²) in [5.41, 5.74) is 12.1. The predicted octanol–water partition coefficient (Wildman–Crippen LogP) is -0.742. The summed E-state index contributed by atoms with van der Waals surface area (Å²) in [6.07, 6.45) is 0. The summed E-state index contributed by atoms with van der Waals surface area (Å²) in [5.74, 6) is 0.214. The Kier molecular flexibility index (Phi) is 4.46. The summed E-state index contributed by atoms with van der Waals surface area (Å²) in [5, 5.41) is 28.1. The number of ether oxygens (including phenoxy) is 1. The molecule has 0 saturated heterocycles. The number of aromatic nitrogens is 2. The monoisotopic (exact) mass is 299 g/mol. The average molecular weight is 299 g/mol. The van der Waals surface area contributed by atoms with Crippen molar-refractivity contribution in [3.8, 4) is 23.1 Å². The highest BCUT2D eigenvalue weighted by molar-refractivity contribution is 6.59. The van der Waals surface area contributed by atoms with Gasteiger partial charge in [-0.15, -0.1) is 0 Å². The first kappa shape index (κ1) is 15.6. The standard InChI is InChI=1S/C13H14BN5O3/c1-2-22-10-4-3-7(5-9(10)14(20)21)11-8(6-15)12(16)19-13(17)18-11/h3-5,20-21H,2H2,1H3,(H4,16,17,18,19). The van der Waals surface area contributed by atoms with Crippen molar-refractivity contribution in [2.45, 2.75) is 6.92 Å². The minimum atomic E-state index is -1.73. The quantitative estimate of drug-likeness (QED) is 0.539. The molecule has 0 aliphatic carbocycles. The summed E-state index contributed by atoms with van der Waals surface area (Å²) < 4.78 is 5.33. The van der Waals surface area contributed by atoms with Gasteiger partial charge in [-0.3, -0.25) is 0 Å². The molecule has 0 atom stereocenters. The van der Waals surface area contributed by atoms with Gasteiger partial charge in [0.25, 0.3) is 0 Å². The van der Waals surface area contributed by atoms with E-state index in [0.717, 1.165) is 0 Å². The number of hydrogen-bond donors (Lipinski definition) is 4. The highest BCUT2D eigenvalue weighted by Gasteiger charge is 2.20. The third kappa shape index (κ3) is 2.93. The Bertz CT molecular complexity index is 745. The van der Waals surface area contributed by atoms with Crippen LogP contribution in [-0.4, -0.2) is 33.7 Å². The number of hydrogen-bond acceptors (Lipinski definition) is 8. The summed E-state index contributed by atoms with van der Waals surface area (Å²) in [4.78, 5) is 7.74. The molecule has 0 radical (unpaired) electrons. The van der Waals surface area contributed by atoms with Crippen molar-refractivity contribution in [2.24, 2.45) is 0 Å². The summed E-state index contributed by atoms with van der Waals surface area (Å²) in [7, 11) is -1.73. The van der Waals surface area contributed by atoms with Crippen molar-refractivity contribution in [3.63, 3.8) is 0 Å². The van der Waals surface area contributed by atoms with Gasteiger partial charge < -0.3 is 26.3 Å².